The summed E-state index contributed by atoms with van der Waals surface area (Å²) in [5, 5.41) is 4.91. The Bertz CT molecular complexity index is 1480. The van der Waals surface area contributed by atoms with Crippen LogP contribution in [-0.4, -0.2) is 27.4 Å². The highest BCUT2D eigenvalue weighted by Crippen LogP contribution is 2.25. The molecule has 0 spiro atoms. The van der Waals surface area contributed by atoms with E-state index in [-0.39, 0.29) is 11.7 Å². The van der Waals surface area contributed by atoms with Gasteiger partial charge >= 0.3 is 0 Å². The van der Waals surface area contributed by atoms with Crippen molar-refractivity contribution in [2.45, 2.75) is 11.7 Å². The van der Waals surface area contributed by atoms with Crippen molar-refractivity contribution >= 4 is 34.9 Å². The average molecular weight is 493 g/mol. The summed E-state index contributed by atoms with van der Waals surface area (Å²) >= 11 is 1.40. The number of carbonyl (C=O) groups is 1. The number of carbonyl (C=O) groups excluding carboxylic acids is 1. The molecule has 0 aliphatic carbocycles. The molecule has 5 aromatic rings. The fraction of sp³-hybridized carbons (Fsp3) is 0.0690. The van der Waals surface area contributed by atoms with Gasteiger partial charge in [-0.2, -0.15) is 5.10 Å². The number of nitrogens with one attached hydrogen (secondary N) is 1. The molecule has 4 aromatic carbocycles. The molecule has 0 unspecified atom stereocenters. The summed E-state index contributed by atoms with van der Waals surface area (Å²) in [6.07, 6.45) is 1.60. The molecule has 0 aliphatic rings. The molecule has 0 saturated carbocycles. The summed E-state index contributed by atoms with van der Waals surface area (Å²) in [5.74, 6) is 1.46. The van der Waals surface area contributed by atoms with Gasteiger partial charge in [0.05, 0.1) is 29.5 Å². The van der Waals surface area contributed by atoms with Crippen LogP contribution in [0.25, 0.3) is 11.0 Å². The lowest BCUT2D eigenvalue weighted by atomic mass is 10.2. The Morgan fingerprint density at radius 1 is 0.889 bits per heavy atom. The van der Waals surface area contributed by atoms with Crippen molar-refractivity contribution in [1.29, 1.82) is 0 Å². The number of ether oxygens (including phenoxy) is 1. The molecule has 1 aromatic heterocycles. The third kappa shape index (κ3) is 6.00. The van der Waals surface area contributed by atoms with Crippen molar-refractivity contribution < 1.29 is 9.53 Å². The van der Waals surface area contributed by atoms with Gasteiger partial charge in [-0.25, -0.2) is 10.4 Å². The molecule has 5 rings (SSSR count). The first kappa shape index (κ1) is 23.4. The minimum Gasteiger partial charge on any atom is -0.457 e. The lowest BCUT2D eigenvalue weighted by molar-refractivity contribution is -0.118. The van der Waals surface area contributed by atoms with Crippen LogP contribution in [0.2, 0.25) is 0 Å². The molecule has 7 heteroatoms. The zero-order valence-corrected chi connectivity index (χ0v) is 20.3. The molecule has 0 saturated heterocycles. The van der Waals surface area contributed by atoms with Crippen molar-refractivity contribution in [2.24, 2.45) is 5.10 Å². The van der Waals surface area contributed by atoms with Gasteiger partial charge in [0.25, 0.3) is 5.91 Å². The zero-order valence-electron chi connectivity index (χ0n) is 19.5. The Labute approximate surface area is 213 Å². The van der Waals surface area contributed by atoms with E-state index in [1.807, 2.05) is 91.0 Å². The molecule has 0 fully saturated rings. The van der Waals surface area contributed by atoms with E-state index in [1.165, 1.54) is 17.3 Å². The minimum absolute atomic E-state index is 0.201. The molecular formula is C29H24N4O2S. The first-order valence-corrected chi connectivity index (χ1v) is 12.5. The van der Waals surface area contributed by atoms with E-state index in [2.05, 4.69) is 33.3 Å². The van der Waals surface area contributed by atoms with Crippen LogP contribution in [0.15, 0.2) is 119 Å². The lowest BCUT2D eigenvalue weighted by Gasteiger charge is -2.09. The SMILES string of the molecule is O=C(CSc1nc2ccccc2n1Cc1ccccc1)N/N=C/c1cccc(Oc2ccccc2)c1. The molecule has 0 radical (unpaired) electrons. The van der Waals surface area contributed by atoms with Gasteiger partial charge in [0, 0.05) is 0 Å². The zero-order chi connectivity index (χ0) is 24.6. The van der Waals surface area contributed by atoms with Crippen molar-refractivity contribution in [3.05, 3.63) is 120 Å². The van der Waals surface area contributed by atoms with Gasteiger partial charge < -0.3 is 9.30 Å². The first-order valence-electron chi connectivity index (χ1n) is 11.5. The van der Waals surface area contributed by atoms with Crippen molar-refractivity contribution in [2.75, 3.05) is 5.75 Å². The smallest absolute Gasteiger partial charge is 0.250 e. The third-order valence-electron chi connectivity index (χ3n) is 5.38. The monoisotopic (exact) mass is 492 g/mol. The molecule has 6 nitrogen and oxygen atoms in total. The minimum atomic E-state index is -0.203. The van der Waals surface area contributed by atoms with Gasteiger partial charge in [0.1, 0.15) is 11.5 Å². The highest BCUT2D eigenvalue weighted by molar-refractivity contribution is 7.99. The van der Waals surface area contributed by atoms with Gasteiger partial charge in [0.2, 0.25) is 0 Å². The van der Waals surface area contributed by atoms with E-state index in [4.69, 9.17) is 9.72 Å². The Balaban J connectivity index is 1.21. The number of rotatable bonds is 9. The standard InChI is InChI=1S/C29H24N4O2S/c34-28(32-30-19-23-12-9-15-25(18-23)35-24-13-5-2-6-14-24)21-36-29-31-26-16-7-8-17-27(26)33(29)20-22-10-3-1-4-11-22/h1-19H,20-21H2,(H,32,34)/b30-19+. The van der Waals surface area contributed by atoms with Crippen LogP contribution in [0.3, 0.4) is 0 Å². The molecule has 0 aliphatic heterocycles. The number of hydrazone groups is 1. The maximum atomic E-state index is 12.5. The molecule has 0 atom stereocenters. The van der Waals surface area contributed by atoms with E-state index in [1.54, 1.807) is 6.21 Å². The van der Waals surface area contributed by atoms with E-state index in [0.717, 1.165) is 27.5 Å². The van der Waals surface area contributed by atoms with Crippen LogP contribution in [0.1, 0.15) is 11.1 Å². The first-order chi connectivity index (χ1) is 17.7. The Kier molecular flexibility index (Phi) is 7.39. The number of fused-ring (bicyclic) bond motifs is 1. The lowest BCUT2D eigenvalue weighted by Crippen LogP contribution is -2.20. The summed E-state index contributed by atoms with van der Waals surface area (Å²) in [4.78, 5) is 17.2. The van der Waals surface area contributed by atoms with Crippen molar-refractivity contribution in [3.8, 4) is 11.5 Å². The molecular weight excluding hydrogens is 468 g/mol. The number of para-hydroxylation sites is 3. The fourth-order valence-electron chi connectivity index (χ4n) is 3.71. The Morgan fingerprint density at radius 2 is 1.61 bits per heavy atom. The largest absolute Gasteiger partial charge is 0.457 e. The van der Waals surface area contributed by atoms with Gasteiger partial charge in [-0.1, -0.05) is 84.6 Å². The van der Waals surface area contributed by atoms with Gasteiger partial charge in [0.15, 0.2) is 5.16 Å². The second-order valence-electron chi connectivity index (χ2n) is 8.02. The van der Waals surface area contributed by atoms with Crippen molar-refractivity contribution in [3.63, 3.8) is 0 Å². The Hall–Kier alpha value is -4.36. The van der Waals surface area contributed by atoms with Crippen LogP contribution in [0.5, 0.6) is 11.5 Å². The van der Waals surface area contributed by atoms with Crippen LogP contribution in [0, 0.1) is 0 Å². The number of nitrogens with zero attached hydrogens (tertiary/aromatic N) is 3. The second kappa shape index (κ2) is 11.4. The predicted molar refractivity (Wildman–Crippen MR) is 145 cm³/mol. The maximum Gasteiger partial charge on any atom is 0.250 e. The number of thioether (sulfide) groups is 1. The molecule has 36 heavy (non-hydrogen) atoms. The molecule has 1 amide bonds. The summed E-state index contributed by atoms with van der Waals surface area (Å²) < 4.78 is 7.99. The van der Waals surface area contributed by atoms with Crippen LogP contribution < -0.4 is 10.2 Å². The maximum absolute atomic E-state index is 12.5. The topological polar surface area (TPSA) is 68.5 Å². The second-order valence-corrected chi connectivity index (χ2v) is 8.97. The number of imidazole rings is 1. The summed E-state index contributed by atoms with van der Waals surface area (Å²) in [6, 6.07) is 35.3. The van der Waals surface area contributed by atoms with Gasteiger partial charge in [-0.05, 0) is 47.5 Å². The molecule has 1 N–H and O–H groups in total. The average Bonchev–Trinajstić information content (AvgIpc) is 3.26. The number of hydrogen-bond donors (Lipinski definition) is 1. The quantitative estimate of drug-likeness (QED) is 0.153. The predicted octanol–water partition coefficient (Wildman–Crippen LogP) is 6.12. The van der Waals surface area contributed by atoms with E-state index < -0.39 is 0 Å². The summed E-state index contributed by atoms with van der Waals surface area (Å²) in [5.41, 5.74) is 6.55. The van der Waals surface area contributed by atoms with Crippen LogP contribution in [-0.2, 0) is 11.3 Å². The fourth-order valence-corrected chi connectivity index (χ4v) is 4.51. The highest BCUT2D eigenvalue weighted by atomic mass is 32.2. The van der Waals surface area contributed by atoms with Crippen LogP contribution in [0.4, 0.5) is 0 Å². The van der Waals surface area contributed by atoms with E-state index >= 15 is 0 Å². The normalized spacial score (nSPS) is 11.1. The van der Waals surface area contributed by atoms with E-state index in [0.29, 0.717) is 12.3 Å². The highest BCUT2D eigenvalue weighted by Gasteiger charge is 2.13. The number of aromatic nitrogens is 2. The molecule has 0 bridgehead atoms. The van der Waals surface area contributed by atoms with Gasteiger partial charge in [-0.3, -0.25) is 4.79 Å². The molecule has 178 valence electrons. The summed E-state index contributed by atoms with van der Waals surface area (Å²) in [7, 11) is 0. The number of amides is 1. The third-order valence-corrected chi connectivity index (χ3v) is 6.35. The summed E-state index contributed by atoms with van der Waals surface area (Å²) in [6.45, 7) is 0.685. The number of benzene rings is 4. The molecule has 1 heterocycles. The van der Waals surface area contributed by atoms with Crippen LogP contribution >= 0.6 is 11.8 Å². The Morgan fingerprint density at radius 3 is 2.44 bits per heavy atom. The van der Waals surface area contributed by atoms with Gasteiger partial charge in [-0.15, -0.1) is 0 Å². The van der Waals surface area contributed by atoms with E-state index in [9.17, 15) is 4.79 Å². The number of hydrogen-bond acceptors (Lipinski definition) is 5. The van der Waals surface area contributed by atoms with Crippen molar-refractivity contribution in [1.82, 2.24) is 15.0 Å².